The molecule has 0 radical (unpaired) electrons. The van der Waals surface area contributed by atoms with Gasteiger partial charge in [0.2, 0.25) is 15.9 Å². The van der Waals surface area contributed by atoms with E-state index in [2.05, 4.69) is 5.32 Å². The maximum absolute atomic E-state index is 11.3. The minimum atomic E-state index is -3.45. The molecule has 5 nitrogen and oxygen atoms in total. The highest BCUT2D eigenvalue weighted by molar-refractivity contribution is 7.90. The van der Waals surface area contributed by atoms with Crippen LogP contribution < -0.4 is 5.32 Å². The summed E-state index contributed by atoms with van der Waals surface area (Å²) in [5.41, 5.74) is 0. The summed E-state index contributed by atoms with van der Waals surface area (Å²) < 4.78 is 23.6. The normalized spacial score (nSPS) is 25.7. The molecule has 0 saturated carbocycles. The second kappa shape index (κ2) is 3.81. The monoisotopic (exact) mass is 226 g/mol. The Morgan fingerprint density at radius 2 is 2.31 bits per heavy atom. The summed E-state index contributed by atoms with van der Waals surface area (Å²) in [6, 6.07) is -0.153. The number of sulfonamides is 1. The minimum absolute atomic E-state index is 0.126. The Balaban J connectivity index is 2.77. The van der Waals surface area contributed by atoms with Crippen LogP contribution in [0.25, 0.3) is 0 Å². The van der Waals surface area contributed by atoms with Crippen LogP contribution in [0.5, 0.6) is 0 Å². The number of piperazine rings is 1. The van der Waals surface area contributed by atoms with Gasteiger partial charge in [0.05, 0.1) is 6.54 Å². The molecule has 1 rings (SSSR count). The minimum Gasteiger partial charge on any atom is -0.351 e. The van der Waals surface area contributed by atoms with E-state index in [1.165, 1.54) is 0 Å². The number of carbonyl (C=O) groups is 1. The first-order valence-electron chi connectivity index (χ1n) is 3.79. The fraction of sp³-hybridized carbons (Fsp3) is 0.833. The maximum atomic E-state index is 11.3. The van der Waals surface area contributed by atoms with Crippen molar-refractivity contribution in [2.45, 2.75) is 13.0 Å². The van der Waals surface area contributed by atoms with Crippen LogP contribution in [0, 0.1) is 0 Å². The number of hydrogen-bond acceptors (Lipinski definition) is 3. The van der Waals surface area contributed by atoms with E-state index >= 15 is 0 Å². The van der Waals surface area contributed by atoms with Gasteiger partial charge in [0.1, 0.15) is 5.21 Å². The molecule has 1 amide bonds. The first-order valence-corrected chi connectivity index (χ1v) is 5.93. The van der Waals surface area contributed by atoms with Crippen molar-refractivity contribution in [3.8, 4) is 0 Å². The van der Waals surface area contributed by atoms with Gasteiger partial charge in [-0.05, 0) is 6.92 Å². The maximum Gasteiger partial charge on any atom is 0.235 e. The SMILES string of the molecule is CC1CN(S(=O)(=O)CCl)CC(=O)N1. The van der Waals surface area contributed by atoms with Gasteiger partial charge in [-0.15, -0.1) is 11.6 Å². The Hall–Kier alpha value is -0.330. The summed E-state index contributed by atoms with van der Waals surface area (Å²) in [5, 5.41) is 2.14. The zero-order valence-electron chi connectivity index (χ0n) is 7.16. The molecule has 0 aromatic heterocycles. The van der Waals surface area contributed by atoms with Gasteiger partial charge < -0.3 is 5.32 Å². The smallest absolute Gasteiger partial charge is 0.235 e. The molecular weight excluding hydrogens is 216 g/mol. The van der Waals surface area contributed by atoms with E-state index < -0.39 is 15.2 Å². The van der Waals surface area contributed by atoms with E-state index in [9.17, 15) is 13.2 Å². The van der Waals surface area contributed by atoms with Crippen molar-refractivity contribution in [3.05, 3.63) is 0 Å². The van der Waals surface area contributed by atoms with Crippen LogP contribution in [-0.4, -0.2) is 43.0 Å². The van der Waals surface area contributed by atoms with E-state index in [1.807, 2.05) is 0 Å². The van der Waals surface area contributed by atoms with E-state index in [4.69, 9.17) is 11.6 Å². The molecule has 1 N–H and O–H groups in total. The van der Waals surface area contributed by atoms with Crippen molar-refractivity contribution in [1.29, 1.82) is 0 Å². The van der Waals surface area contributed by atoms with E-state index in [0.717, 1.165) is 4.31 Å². The van der Waals surface area contributed by atoms with Crippen molar-refractivity contribution in [3.63, 3.8) is 0 Å². The largest absolute Gasteiger partial charge is 0.351 e. The van der Waals surface area contributed by atoms with E-state index in [1.54, 1.807) is 6.92 Å². The van der Waals surface area contributed by atoms with Crippen molar-refractivity contribution >= 4 is 27.5 Å². The van der Waals surface area contributed by atoms with E-state index in [-0.39, 0.29) is 18.5 Å². The number of nitrogens with one attached hydrogen (secondary N) is 1. The summed E-state index contributed by atoms with van der Waals surface area (Å²) in [5.74, 6) is -0.285. The number of alkyl halides is 1. The molecule has 0 aromatic carbocycles. The van der Waals surface area contributed by atoms with Gasteiger partial charge in [-0.3, -0.25) is 4.79 Å². The number of hydrogen-bond donors (Lipinski definition) is 1. The molecule has 1 atom stereocenters. The Labute approximate surface area is 82.1 Å². The van der Waals surface area contributed by atoms with Crippen molar-refractivity contribution < 1.29 is 13.2 Å². The molecular formula is C6H11ClN2O3S. The van der Waals surface area contributed by atoms with Gasteiger partial charge in [0.15, 0.2) is 0 Å². The van der Waals surface area contributed by atoms with Gasteiger partial charge in [-0.1, -0.05) is 0 Å². The lowest BCUT2D eigenvalue weighted by Crippen LogP contribution is -2.54. The molecule has 1 heterocycles. The van der Waals surface area contributed by atoms with Crippen molar-refractivity contribution in [2.75, 3.05) is 18.3 Å². The third-order valence-electron chi connectivity index (χ3n) is 1.74. The molecule has 0 spiro atoms. The van der Waals surface area contributed by atoms with Gasteiger partial charge in [0.25, 0.3) is 0 Å². The third kappa shape index (κ3) is 2.55. The Bertz CT molecular complexity index is 303. The highest BCUT2D eigenvalue weighted by Crippen LogP contribution is 2.08. The fourth-order valence-corrected chi connectivity index (χ4v) is 2.49. The lowest BCUT2D eigenvalue weighted by molar-refractivity contribution is -0.123. The molecule has 1 unspecified atom stereocenters. The van der Waals surface area contributed by atoms with Crippen LogP contribution in [0.3, 0.4) is 0 Å². The highest BCUT2D eigenvalue weighted by atomic mass is 35.5. The van der Waals surface area contributed by atoms with E-state index in [0.29, 0.717) is 6.54 Å². The summed E-state index contributed by atoms with van der Waals surface area (Å²) >= 11 is 5.26. The number of rotatable bonds is 2. The van der Waals surface area contributed by atoms with Crippen LogP contribution in [0.2, 0.25) is 0 Å². The molecule has 0 bridgehead atoms. The molecule has 76 valence electrons. The van der Waals surface area contributed by atoms with Gasteiger partial charge in [-0.25, -0.2) is 8.42 Å². The molecule has 1 fully saturated rings. The summed E-state index contributed by atoms with van der Waals surface area (Å²) in [6.07, 6.45) is 0. The van der Waals surface area contributed by atoms with Crippen LogP contribution in [0.4, 0.5) is 0 Å². The molecule has 0 aliphatic carbocycles. The fourth-order valence-electron chi connectivity index (χ4n) is 1.18. The molecule has 1 saturated heterocycles. The van der Waals surface area contributed by atoms with Crippen LogP contribution >= 0.6 is 11.6 Å². The Morgan fingerprint density at radius 3 is 2.77 bits per heavy atom. The van der Waals surface area contributed by atoms with Gasteiger partial charge >= 0.3 is 0 Å². The number of carbonyl (C=O) groups excluding carboxylic acids is 1. The summed E-state index contributed by atoms with van der Waals surface area (Å²) in [7, 11) is -3.45. The molecule has 1 aliphatic heterocycles. The van der Waals surface area contributed by atoms with Gasteiger partial charge in [0, 0.05) is 12.6 Å². The first-order chi connectivity index (χ1) is 5.95. The van der Waals surface area contributed by atoms with Crippen molar-refractivity contribution in [2.24, 2.45) is 0 Å². The topological polar surface area (TPSA) is 66.5 Å². The molecule has 7 heteroatoms. The third-order valence-corrected chi connectivity index (χ3v) is 3.90. The Morgan fingerprint density at radius 1 is 1.69 bits per heavy atom. The average Bonchev–Trinajstić information content (AvgIpc) is 2.02. The quantitative estimate of drug-likeness (QED) is 0.636. The number of nitrogens with zero attached hydrogens (tertiary/aromatic N) is 1. The second-order valence-electron chi connectivity index (χ2n) is 2.98. The number of halogens is 1. The standard InChI is InChI=1S/C6H11ClN2O3S/c1-5-2-9(3-6(10)8-5)13(11,12)4-7/h5H,2-4H2,1H3,(H,8,10). The first kappa shape index (κ1) is 10.7. The average molecular weight is 227 g/mol. The van der Waals surface area contributed by atoms with Crippen LogP contribution in [-0.2, 0) is 14.8 Å². The second-order valence-corrected chi connectivity index (χ2v) is 5.54. The predicted molar refractivity (Wildman–Crippen MR) is 48.8 cm³/mol. The highest BCUT2D eigenvalue weighted by Gasteiger charge is 2.29. The molecule has 0 aromatic rings. The lowest BCUT2D eigenvalue weighted by atomic mass is 10.3. The van der Waals surface area contributed by atoms with Gasteiger partial charge in [-0.2, -0.15) is 4.31 Å². The van der Waals surface area contributed by atoms with Crippen LogP contribution in [0.1, 0.15) is 6.92 Å². The zero-order valence-corrected chi connectivity index (χ0v) is 8.73. The van der Waals surface area contributed by atoms with Crippen LogP contribution in [0.15, 0.2) is 0 Å². The summed E-state index contributed by atoms with van der Waals surface area (Å²) in [6.45, 7) is 1.91. The predicted octanol–water partition coefficient (Wildman–Crippen LogP) is -0.667. The Kier molecular flexibility index (Phi) is 3.15. The molecule has 13 heavy (non-hydrogen) atoms. The summed E-state index contributed by atoms with van der Waals surface area (Å²) in [4.78, 5) is 11.0. The zero-order chi connectivity index (χ0) is 10.1. The van der Waals surface area contributed by atoms with Crippen molar-refractivity contribution in [1.82, 2.24) is 9.62 Å². The number of amides is 1. The lowest BCUT2D eigenvalue weighted by Gasteiger charge is -2.29. The molecule has 1 aliphatic rings.